The summed E-state index contributed by atoms with van der Waals surface area (Å²) in [6.45, 7) is 5.36. The topological polar surface area (TPSA) is 12.0 Å². The third-order valence-corrected chi connectivity index (χ3v) is 3.17. The third-order valence-electron chi connectivity index (χ3n) is 2.83. The molecule has 0 saturated heterocycles. The Morgan fingerprint density at radius 2 is 1.94 bits per heavy atom. The lowest BCUT2D eigenvalue weighted by Gasteiger charge is -2.19. The fourth-order valence-corrected chi connectivity index (χ4v) is 2.24. The first-order valence-corrected chi connectivity index (χ1v) is 6.65. The minimum Gasteiger partial charge on any atom is -0.310 e. The fraction of sp³-hybridized carbons (Fsp3) is 0.571. The number of nitrogens with one attached hydrogen (secondary N) is 1. The summed E-state index contributed by atoms with van der Waals surface area (Å²) in [7, 11) is 0. The third kappa shape index (κ3) is 4.15. The van der Waals surface area contributed by atoms with Crippen LogP contribution in [0.4, 0.5) is 0 Å². The van der Waals surface area contributed by atoms with E-state index in [9.17, 15) is 0 Å². The van der Waals surface area contributed by atoms with Crippen LogP contribution in [0.25, 0.3) is 0 Å². The van der Waals surface area contributed by atoms with Crippen LogP contribution >= 0.6 is 11.6 Å². The number of unbranched alkanes of at least 4 members (excludes halogenated alkanes) is 2. The number of hydrogen-bond acceptors (Lipinski definition) is 1. The SMILES string of the molecule is CCCCCC(NCC)c1ccccc1Cl. The average molecular weight is 240 g/mol. The fourth-order valence-electron chi connectivity index (χ4n) is 1.97. The zero-order valence-corrected chi connectivity index (χ0v) is 11.1. The molecule has 16 heavy (non-hydrogen) atoms. The molecular formula is C14H22ClN. The highest BCUT2D eigenvalue weighted by Gasteiger charge is 2.12. The van der Waals surface area contributed by atoms with Crippen molar-refractivity contribution >= 4 is 11.6 Å². The Labute approximate surface area is 104 Å². The smallest absolute Gasteiger partial charge is 0.0453 e. The minimum atomic E-state index is 0.408. The van der Waals surface area contributed by atoms with Crippen LogP contribution in [0, 0.1) is 0 Å². The normalized spacial score (nSPS) is 12.7. The molecule has 1 rings (SSSR count). The van der Waals surface area contributed by atoms with Crippen LogP contribution in [0.2, 0.25) is 5.02 Å². The summed E-state index contributed by atoms with van der Waals surface area (Å²) in [4.78, 5) is 0. The molecule has 0 saturated carbocycles. The first-order valence-electron chi connectivity index (χ1n) is 6.27. The van der Waals surface area contributed by atoms with Crippen molar-refractivity contribution in [1.29, 1.82) is 0 Å². The molecule has 0 bridgehead atoms. The van der Waals surface area contributed by atoms with Crippen LogP contribution in [0.3, 0.4) is 0 Å². The molecule has 0 aliphatic carbocycles. The molecular weight excluding hydrogens is 218 g/mol. The summed E-state index contributed by atoms with van der Waals surface area (Å²) in [5.74, 6) is 0. The van der Waals surface area contributed by atoms with E-state index in [0.29, 0.717) is 6.04 Å². The van der Waals surface area contributed by atoms with E-state index < -0.39 is 0 Å². The van der Waals surface area contributed by atoms with Gasteiger partial charge in [0.2, 0.25) is 0 Å². The minimum absolute atomic E-state index is 0.408. The van der Waals surface area contributed by atoms with Gasteiger partial charge < -0.3 is 5.32 Å². The van der Waals surface area contributed by atoms with E-state index in [1.165, 1.54) is 31.2 Å². The van der Waals surface area contributed by atoms with Gasteiger partial charge in [0.1, 0.15) is 0 Å². The van der Waals surface area contributed by atoms with Gasteiger partial charge in [0.25, 0.3) is 0 Å². The molecule has 1 aromatic carbocycles. The Bertz CT molecular complexity index is 299. The highest BCUT2D eigenvalue weighted by Crippen LogP contribution is 2.26. The monoisotopic (exact) mass is 239 g/mol. The van der Waals surface area contributed by atoms with Crippen LogP contribution in [0.1, 0.15) is 51.1 Å². The number of halogens is 1. The van der Waals surface area contributed by atoms with Crippen LogP contribution in [-0.2, 0) is 0 Å². The molecule has 0 fully saturated rings. The molecule has 1 N–H and O–H groups in total. The molecule has 0 amide bonds. The Balaban J connectivity index is 2.65. The Morgan fingerprint density at radius 3 is 2.56 bits per heavy atom. The Morgan fingerprint density at radius 1 is 1.19 bits per heavy atom. The van der Waals surface area contributed by atoms with Gasteiger partial charge >= 0.3 is 0 Å². The van der Waals surface area contributed by atoms with E-state index in [1.807, 2.05) is 12.1 Å². The van der Waals surface area contributed by atoms with Crippen molar-refractivity contribution in [2.45, 2.75) is 45.6 Å². The summed E-state index contributed by atoms with van der Waals surface area (Å²) in [5, 5.41) is 4.39. The van der Waals surface area contributed by atoms with Crippen molar-refractivity contribution in [3.05, 3.63) is 34.9 Å². The maximum Gasteiger partial charge on any atom is 0.0453 e. The molecule has 2 heteroatoms. The number of hydrogen-bond donors (Lipinski definition) is 1. The Kier molecular flexibility index (Phi) is 6.51. The molecule has 1 atom stereocenters. The lowest BCUT2D eigenvalue weighted by molar-refractivity contribution is 0.487. The van der Waals surface area contributed by atoms with Crippen molar-refractivity contribution < 1.29 is 0 Å². The van der Waals surface area contributed by atoms with Crippen LogP contribution < -0.4 is 5.32 Å². The predicted molar refractivity (Wildman–Crippen MR) is 72.0 cm³/mol. The van der Waals surface area contributed by atoms with Gasteiger partial charge in [-0.05, 0) is 24.6 Å². The van der Waals surface area contributed by atoms with Gasteiger partial charge in [-0.1, -0.05) is 62.9 Å². The summed E-state index contributed by atoms with van der Waals surface area (Å²) < 4.78 is 0. The van der Waals surface area contributed by atoms with E-state index in [4.69, 9.17) is 11.6 Å². The first kappa shape index (κ1) is 13.5. The molecule has 1 unspecified atom stereocenters. The van der Waals surface area contributed by atoms with Crippen molar-refractivity contribution in [2.24, 2.45) is 0 Å². The van der Waals surface area contributed by atoms with Gasteiger partial charge in [0, 0.05) is 11.1 Å². The number of rotatable bonds is 7. The van der Waals surface area contributed by atoms with E-state index in [2.05, 4.69) is 31.3 Å². The average Bonchev–Trinajstić information content (AvgIpc) is 2.29. The van der Waals surface area contributed by atoms with Crippen LogP contribution in [-0.4, -0.2) is 6.54 Å². The van der Waals surface area contributed by atoms with Crippen LogP contribution in [0.15, 0.2) is 24.3 Å². The van der Waals surface area contributed by atoms with Gasteiger partial charge in [-0.15, -0.1) is 0 Å². The molecule has 0 heterocycles. The highest BCUT2D eigenvalue weighted by molar-refractivity contribution is 6.31. The predicted octanol–water partition coefficient (Wildman–Crippen LogP) is 4.57. The standard InChI is InChI=1S/C14H22ClN/c1-3-5-6-11-14(16-4-2)12-9-7-8-10-13(12)15/h7-10,14,16H,3-6,11H2,1-2H3. The van der Waals surface area contributed by atoms with Crippen molar-refractivity contribution in [1.82, 2.24) is 5.32 Å². The second-order valence-electron chi connectivity index (χ2n) is 4.13. The van der Waals surface area contributed by atoms with Gasteiger partial charge in [0.05, 0.1) is 0 Å². The Hall–Kier alpha value is -0.530. The zero-order valence-electron chi connectivity index (χ0n) is 10.3. The molecule has 0 spiro atoms. The lowest BCUT2D eigenvalue weighted by Crippen LogP contribution is -2.21. The van der Waals surface area contributed by atoms with Crippen LogP contribution in [0.5, 0.6) is 0 Å². The van der Waals surface area contributed by atoms with E-state index in [-0.39, 0.29) is 0 Å². The van der Waals surface area contributed by atoms with E-state index >= 15 is 0 Å². The zero-order chi connectivity index (χ0) is 11.8. The molecule has 0 aliphatic rings. The largest absolute Gasteiger partial charge is 0.310 e. The quantitative estimate of drug-likeness (QED) is 0.688. The maximum absolute atomic E-state index is 6.23. The molecule has 1 nitrogen and oxygen atoms in total. The second-order valence-corrected chi connectivity index (χ2v) is 4.53. The van der Waals surface area contributed by atoms with Gasteiger partial charge in [0.15, 0.2) is 0 Å². The summed E-state index contributed by atoms with van der Waals surface area (Å²) in [6, 6.07) is 8.56. The van der Waals surface area contributed by atoms with Gasteiger partial charge in [-0.25, -0.2) is 0 Å². The second kappa shape index (κ2) is 7.70. The molecule has 90 valence electrons. The maximum atomic E-state index is 6.23. The lowest BCUT2D eigenvalue weighted by atomic mass is 10.0. The van der Waals surface area contributed by atoms with Crippen molar-refractivity contribution in [2.75, 3.05) is 6.54 Å². The van der Waals surface area contributed by atoms with E-state index in [0.717, 1.165) is 11.6 Å². The summed E-state index contributed by atoms with van der Waals surface area (Å²) in [6.07, 6.45) is 5.00. The number of benzene rings is 1. The molecule has 1 aromatic rings. The highest BCUT2D eigenvalue weighted by atomic mass is 35.5. The summed E-state index contributed by atoms with van der Waals surface area (Å²) >= 11 is 6.23. The van der Waals surface area contributed by atoms with Crippen molar-refractivity contribution in [3.8, 4) is 0 Å². The molecule has 0 radical (unpaired) electrons. The van der Waals surface area contributed by atoms with E-state index in [1.54, 1.807) is 0 Å². The molecule has 0 aromatic heterocycles. The van der Waals surface area contributed by atoms with Gasteiger partial charge in [-0.2, -0.15) is 0 Å². The van der Waals surface area contributed by atoms with Gasteiger partial charge in [-0.3, -0.25) is 0 Å². The van der Waals surface area contributed by atoms with Crippen molar-refractivity contribution in [3.63, 3.8) is 0 Å². The molecule has 0 aliphatic heterocycles. The first-order chi connectivity index (χ1) is 7.79. The summed E-state index contributed by atoms with van der Waals surface area (Å²) in [5.41, 5.74) is 1.24.